The number of carbonyl (C=O) groups is 1. The number of nitrogens with two attached hydrogens (primary N) is 1. The predicted octanol–water partition coefficient (Wildman–Crippen LogP) is 2.16. The molecule has 0 fully saturated rings. The van der Waals surface area contributed by atoms with Crippen LogP contribution in [0.5, 0.6) is 0 Å². The molecule has 2 heterocycles. The van der Waals surface area contributed by atoms with Crippen molar-refractivity contribution < 1.29 is 9.21 Å². The van der Waals surface area contributed by atoms with Gasteiger partial charge in [0, 0.05) is 6.54 Å². The molecular formula is C13H18N4O2S. The number of nitrogens with zero attached hydrogens (tertiary/aromatic N) is 3. The fourth-order valence-electron chi connectivity index (χ4n) is 1.71. The monoisotopic (exact) mass is 294 g/mol. The molecular weight excluding hydrogens is 276 g/mol. The van der Waals surface area contributed by atoms with E-state index in [1.165, 1.54) is 11.8 Å². The Morgan fingerprint density at radius 1 is 1.45 bits per heavy atom. The Morgan fingerprint density at radius 3 is 2.75 bits per heavy atom. The molecule has 2 rings (SSSR count). The van der Waals surface area contributed by atoms with E-state index >= 15 is 0 Å². The van der Waals surface area contributed by atoms with Gasteiger partial charge in [-0.1, -0.05) is 25.6 Å². The topological polar surface area (TPSA) is 86.9 Å². The van der Waals surface area contributed by atoms with Crippen molar-refractivity contribution in [2.45, 2.75) is 37.7 Å². The maximum absolute atomic E-state index is 11.2. The molecule has 108 valence electrons. The molecule has 1 atom stereocenters. The van der Waals surface area contributed by atoms with Crippen molar-refractivity contribution in [2.75, 3.05) is 0 Å². The van der Waals surface area contributed by atoms with E-state index in [1.54, 1.807) is 13.2 Å². The molecule has 0 aliphatic heterocycles. The minimum atomic E-state index is -0.367. The lowest BCUT2D eigenvalue weighted by Gasteiger charge is -2.12. The molecule has 1 amide bonds. The van der Waals surface area contributed by atoms with Gasteiger partial charge in [-0.05, 0) is 25.0 Å². The predicted molar refractivity (Wildman–Crippen MR) is 77.1 cm³/mol. The molecule has 0 saturated carbocycles. The van der Waals surface area contributed by atoms with Gasteiger partial charge in [-0.2, -0.15) is 0 Å². The average Bonchev–Trinajstić information content (AvgIpc) is 2.99. The minimum absolute atomic E-state index is 0.352. The van der Waals surface area contributed by atoms with E-state index < -0.39 is 0 Å². The van der Waals surface area contributed by atoms with Crippen LogP contribution >= 0.6 is 11.8 Å². The second-order valence-electron chi connectivity index (χ2n) is 4.95. The smallest absolute Gasteiger partial charge is 0.230 e. The van der Waals surface area contributed by atoms with Crippen molar-refractivity contribution >= 4 is 17.7 Å². The Labute approximate surface area is 121 Å². The van der Waals surface area contributed by atoms with Gasteiger partial charge < -0.3 is 10.2 Å². The highest BCUT2D eigenvalue weighted by Crippen LogP contribution is 2.27. The Balaban J connectivity index is 2.35. The summed E-state index contributed by atoms with van der Waals surface area (Å²) in [6, 6.07) is 3.65. The Hall–Kier alpha value is -1.76. The number of thioether (sulfide) groups is 1. The lowest BCUT2D eigenvalue weighted by molar-refractivity contribution is -0.117. The maximum atomic E-state index is 11.2. The van der Waals surface area contributed by atoms with Crippen LogP contribution < -0.4 is 5.73 Å². The summed E-state index contributed by atoms with van der Waals surface area (Å²) >= 11 is 1.31. The van der Waals surface area contributed by atoms with Crippen LogP contribution in [0, 0.1) is 5.92 Å². The number of rotatable bonds is 6. The van der Waals surface area contributed by atoms with Gasteiger partial charge >= 0.3 is 0 Å². The molecule has 0 bridgehead atoms. The van der Waals surface area contributed by atoms with Crippen LogP contribution in [-0.4, -0.2) is 25.9 Å². The molecule has 0 aromatic carbocycles. The Bertz CT molecular complexity index is 577. The van der Waals surface area contributed by atoms with Crippen LogP contribution in [0.15, 0.2) is 28.0 Å². The van der Waals surface area contributed by atoms with E-state index in [4.69, 9.17) is 10.2 Å². The zero-order valence-corrected chi connectivity index (χ0v) is 12.6. The van der Waals surface area contributed by atoms with E-state index in [9.17, 15) is 4.79 Å². The van der Waals surface area contributed by atoms with Crippen molar-refractivity contribution in [2.24, 2.45) is 11.7 Å². The van der Waals surface area contributed by atoms with Crippen LogP contribution in [0.4, 0.5) is 0 Å². The summed E-state index contributed by atoms with van der Waals surface area (Å²) in [5.41, 5.74) is 5.30. The number of carbonyl (C=O) groups excluding carboxylic acids is 1. The third-order valence-corrected chi connectivity index (χ3v) is 3.79. The number of hydrogen-bond acceptors (Lipinski definition) is 5. The van der Waals surface area contributed by atoms with E-state index in [2.05, 4.69) is 24.0 Å². The molecule has 1 unspecified atom stereocenters. The highest BCUT2D eigenvalue weighted by molar-refractivity contribution is 8.00. The van der Waals surface area contributed by atoms with Crippen LogP contribution in [0.3, 0.4) is 0 Å². The minimum Gasteiger partial charge on any atom is -0.461 e. The molecule has 2 aromatic heterocycles. The fraction of sp³-hybridized carbons (Fsp3) is 0.462. The first-order chi connectivity index (χ1) is 9.49. The number of primary amides is 1. The second-order valence-corrected chi connectivity index (χ2v) is 6.26. The summed E-state index contributed by atoms with van der Waals surface area (Å²) < 4.78 is 7.35. The highest BCUT2D eigenvalue weighted by Gasteiger charge is 2.20. The third kappa shape index (κ3) is 3.22. The van der Waals surface area contributed by atoms with E-state index in [0.29, 0.717) is 22.7 Å². The molecule has 0 saturated heterocycles. The van der Waals surface area contributed by atoms with Gasteiger partial charge in [-0.3, -0.25) is 9.36 Å². The second kappa shape index (κ2) is 6.13. The van der Waals surface area contributed by atoms with E-state index in [0.717, 1.165) is 6.54 Å². The van der Waals surface area contributed by atoms with E-state index in [1.807, 2.05) is 16.7 Å². The Morgan fingerprint density at radius 2 is 2.20 bits per heavy atom. The number of aromatic nitrogens is 3. The number of amides is 1. The van der Waals surface area contributed by atoms with Crippen molar-refractivity contribution in [3.63, 3.8) is 0 Å². The quantitative estimate of drug-likeness (QED) is 0.825. The van der Waals surface area contributed by atoms with Crippen molar-refractivity contribution in [3.8, 4) is 11.6 Å². The fourth-order valence-corrected chi connectivity index (χ4v) is 2.52. The first-order valence-electron chi connectivity index (χ1n) is 6.42. The lowest BCUT2D eigenvalue weighted by atomic mass is 10.2. The standard InChI is InChI=1S/C13H18N4O2S/c1-8(2)7-17-12(10-5-4-6-19-10)15-16-13(17)20-9(3)11(14)18/h4-6,8-9H,7H2,1-3H3,(H2,14,18). The van der Waals surface area contributed by atoms with Crippen LogP contribution in [0.1, 0.15) is 20.8 Å². The summed E-state index contributed by atoms with van der Waals surface area (Å²) in [5.74, 6) is 1.39. The summed E-state index contributed by atoms with van der Waals surface area (Å²) in [7, 11) is 0. The molecule has 0 spiro atoms. The van der Waals surface area contributed by atoms with Gasteiger partial charge in [-0.15, -0.1) is 10.2 Å². The van der Waals surface area contributed by atoms with Crippen LogP contribution in [-0.2, 0) is 11.3 Å². The summed E-state index contributed by atoms with van der Waals surface area (Å²) in [4.78, 5) is 11.2. The van der Waals surface area contributed by atoms with Gasteiger partial charge in [0.1, 0.15) is 0 Å². The molecule has 0 aliphatic rings. The number of hydrogen-bond donors (Lipinski definition) is 1. The molecule has 2 N–H and O–H groups in total. The summed E-state index contributed by atoms with van der Waals surface area (Å²) in [5, 5.41) is 8.65. The summed E-state index contributed by atoms with van der Waals surface area (Å²) in [6.45, 7) is 6.72. The zero-order chi connectivity index (χ0) is 14.7. The van der Waals surface area contributed by atoms with Gasteiger partial charge in [-0.25, -0.2) is 0 Å². The van der Waals surface area contributed by atoms with Crippen molar-refractivity contribution in [1.82, 2.24) is 14.8 Å². The van der Waals surface area contributed by atoms with E-state index in [-0.39, 0.29) is 11.2 Å². The maximum Gasteiger partial charge on any atom is 0.230 e. The van der Waals surface area contributed by atoms with Gasteiger partial charge in [0.15, 0.2) is 16.7 Å². The van der Waals surface area contributed by atoms with Gasteiger partial charge in [0.25, 0.3) is 0 Å². The number of furan rings is 1. The van der Waals surface area contributed by atoms with Crippen molar-refractivity contribution in [3.05, 3.63) is 18.4 Å². The SMILES string of the molecule is CC(C)Cn1c(SC(C)C(N)=O)nnc1-c1ccco1. The third-order valence-electron chi connectivity index (χ3n) is 2.69. The normalized spacial score (nSPS) is 12.8. The molecule has 2 aromatic rings. The molecule has 6 nitrogen and oxygen atoms in total. The average molecular weight is 294 g/mol. The largest absolute Gasteiger partial charge is 0.461 e. The molecule has 20 heavy (non-hydrogen) atoms. The first-order valence-corrected chi connectivity index (χ1v) is 7.30. The Kier molecular flexibility index (Phi) is 4.49. The van der Waals surface area contributed by atoms with Crippen LogP contribution in [0.25, 0.3) is 11.6 Å². The molecule has 0 aliphatic carbocycles. The summed E-state index contributed by atoms with van der Waals surface area (Å²) in [6.07, 6.45) is 1.60. The molecule has 7 heteroatoms. The molecule has 0 radical (unpaired) electrons. The van der Waals surface area contributed by atoms with Gasteiger partial charge in [0.2, 0.25) is 5.91 Å². The van der Waals surface area contributed by atoms with Crippen molar-refractivity contribution in [1.29, 1.82) is 0 Å². The van der Waals surface area contributed by atoms with Gasteiger partial charge in [0.05, 0.1) is 11.5 Å². The highest BCUT2D eigenvalue weighted by atomic mass is 32.2. The zero-order valence-electron chi connectivity index (χ0n) is 11.7. The lowest BCUT2D eigenvalue weighted by Crippen LogP contribution is -2.23. The van der Waals surface area contributed by atoms with Crippen LogP contribution in [0.2, 0.25) is 0 Å². The first kappa shape index (κ1) is 14.6.